The van der Waals surface area contributed by atoms with E-state index in [0.29, 0.717) is 18.0 Å². The molecule has 0 aliphatic carbocycles. The molecular formula is C16H23N3O3S. The van der Waals surface area contributed by atoms with Crippen molar-refractivity contribution in [2.45, 2.75) is 30.8 Å². The Kier molecular flexibility index (Phi) is 4.99. The van der Waals surface area contributed by atoms with Crippen LogP contribution >= 0.6 is 0 Å². The van der Waals surface area contributed by atoms with Gasteiger partial charge in [-0.1, -0.05) is 30.3 Å². The molecule has 126 valence electrons. The number of oxime groups is 1. The largest absolute Gasteiger partial charge is 0.391 e. The molecule has 1 aromatic rings. The molecule has 0 aromatic heterocycles. The topological polar surface area (TPSA) is 62.2 Å². The van der Waals surface area contributed by atoms with E-state index in [1.807, 2.05) is 6.07 Å². The Morgan fingerprint density at radius 3 is 2.48 bits per heavy atom. The van der Waals surface area contributed by atoms with Crippen molar-refractivity contribution >= 4 is 15.7 Å². The van der Waals surface area contributed by atoms with Gasteiger partial charge >= 0.3 is 0 Å². The maximum Gasteiger partial charge on any atom is 0.243 e. The number of rotatable bonds is 5. The SMILES string of the molecule is CCC1=NO[C@H](CN2CCN(S(=O)(=O)c3ccccc3)CC2)C1. The molecule has 0 amide bonds. The molecule has 2 aliphatic heterocycles. The quantitative estimate of drug-likeness (QED) is 0.818. The normalized spacial score (nSPS) is 23.5. The summed E-state index contributed by atoms with van der Waals surface area (Å²) in [4.78, 5) is 8.07. The minimum Gasteiger partial charge on any atom is -0.391 e. The lowest BCUT2D eigenvalue weighted by molar-refractivity contribution is 0.0435. The van der Waals surface area contributed by atoms with Crippen molar-refractivity contribution < 1.29 is 13.3 Å². The Morgan fingerprint density at radius 2 is 1.87 bits per heavy atom. The number of hydrogen-bond acceptors (Lipinski definition) is 5. The molecular weight excluding hydrogens is 314 g/mol. The van der Waals surface area contributed by atoms with Gasteiger partial charge in [0, 0.05) is 39.1 Å². The van der Waals surface area contributed by atoms with Crippen molar-refractivity contribution in [1.82, 2.24) is 9.21 Å². The highest BCUT2D eigenvalue weighted by molar-refractivity contribution is 7.89. The maximum atomic E-state index is 12.6. The summed E-state index contributed by atoms with van der Waals surface area (Å²) in [7, 11) is -3.37. The van der Waals surface area contributed by atoms with E-state index in [1.54, 1.807) is 28.6 Å². The second kappa shape index (κ2) is 6.98. The molecule has 2 aliphatic rings. The van der Waals surface area contributed by atoms with E-state index in [0.717, 1.165) is 38.2 Å². The Hall–Kier alpha value is -1.44. The fourth-order valence-corrected chi connectivity index (χ4v) is 4.42. The van der Waals surface area contributed by atoms with Crippen molar-refractivity contribution in [3.05, 3.63) is 30.3 Å². The number of hydrogen-bond donors (Lipinski definition) is 0. The fourth-order valence-electron chi connectivity index (χ4n) is 2.98. The minimum absolute atomic E-state index is 0.113. The highest BCUT2D eigenvalue weighted by Crippen LogP contribution is 2.19. The van der Waals surface area contributed by atoms with Crippen LogP contribution in [0.1, 0.15) is 19.8 Å². The number of nitrogens with zero attached hydrogens (tertiary/aromatic N) is 3. The molecule has 1 atom stereocenters. The lowest BCUT2D eigenvalue weighted by Crippen LogP contribution is -2.50. The lowest BCUT2D eigenvalue weighted by Gasteiger charge is -2.34. The zero-order valence-electron chi connectivity index (χ0n) is 13.4. The van der Waals surface area contributed by atoms with Gasteiger partial charge in [-0.25, -0.2) is 8.42 Å². The average molecular weight is 337 g/mol. The summed E-state index contributed by atoms with van der Waals surface area (Å²) in [5, 5.41) is 4.08. The van der Waals surface area contributed by atoms with Crippen LogP contribution in [0.2, 0.25) is 0 Å². The van der Waals surface area contributed by atoms with Crippen LogP contribution in [-0.4, -0.2) is 62.2 Å². The third-order valence-corrected chi connectivity index (χ3v) is 6.29. The van der Waals surface area contributed by atoms with Gasteiger partial charge in [0.25, 0.3) is 0 Å². The third-order valence-electron chi connectivity index (χ3n) is 4.38. The summed E-state index contributed by atoms with van der Waals surface area (Å²) in [6.45, 7) is 5.39. The number of benzene rings is 1. The van der Waals surface area contributed by atoms with E-state index in [2.05, 4.69) is 17.0 Å². The molecule has 0 bridgehead atoms. The van der Waals surface area contributed by atoms with Crippen LogP contribution in [0.4, 0.5) is 0 Å². The minimum atomic E-state index is -3.37. The summed E-state index contributed by atoms with van der Waals surface area (Å²) in [6.07, 6.45) is 1.93. The van der Waals surface area contributed by atoms with E-state index in [9.17, 15) is 8.42 Å². The van der Waals surface area contributed by atoms with Gasteiger partial charge in [-0.3, -0.25) is 4.90 Å². The fraction of sp³-hybridized carbons (Fsp3) is 0.562. The lowest BCUT2D eigenvalue weighted by atomic mass is 10.1. The van der Waals surface area contributed by atoms with Crippen molar-refractivity contribution in [2.75, 3.05) is 32.7 Å². The zero-order valence-corrected chi connectivity index (χ0v) is 14.2. The Labute approximate surface area is 137 Å². The van der Waals surface area contributed by atoms with Gasteiger partial charge in [-0.2, -0.15) is 4.31 Å². The molecule has 3 rings (SSSR count). The second-order valence-electron chi connectivity index (χ2n) is 5.96. The monoisotopic (exact) mass is 337 g/mol. The Morgan fingerprint density at radius 1 is 1.17 bits per heavy atom. The molecule has 1 fully saturated rings. The van der Waals surface area contributed by atoms with E-state index in [4.69, 9.17) is 4.84 Å². The van der Waals surface area contributed by atoms with Crippen molar-refractivity contribution in [3.8, 4) is 0 Å². The predicted octanol–water partition coefficient (Wildman–Crippen LogP) is 1.55. The summed E-state index contributed by atoms with van der Waals surface area (Å²) in [6, 6.07) is 8.64. The van der Waals surface area contributed by atoms with Crippen LogP contribution in [-0.2, 0) is 14.9 Å². The highest BCUT2D eigenvalue weighted by Gasteiger charge is 2.30. The smallest absolute Gasteiger partial charge is 0.243 e. The van der Waals surface area contributed by atoms with Crippen LogP contribution in [0.3, 0.4) is 0 Å². The van der Waals surface area contributed by atoms with Crippen molar-refractivity contribution in [3.63, 3.8) is 0 Å². The number of sulfonamides is 1. The van der Waals surface area contributed by atoms with E-state index in [-0.39, 0.29) is 6.10 Å². The second-order valence-corrected chi connectivity index (χ2v) is 7.90. The van der Waals surface area contributed by atoms with Crippen molar-refractivity contribution in [1.29, 1.82) is 0 Å². The summed E-state index contributed by atoms with van der Waals surface area (Å²) >= 11 is 0. The van der Waals surface area contributed by atoms with Gasteiger partial charge in [-0.05, 0) is 18.6 Å². The maximum absolute atomic E-state index is 12.6. The highest BCUT2D eigenvalue weighted by atomic mass is 32.2. The summed E-state index contributed by atoms with van der Waals surface area (Å²) in [5.74, 6) is 0. The van der Waals surface area contributed by atoms with Crippen LogP contribution in [0.5, 0.6) is 0 Å². The third kappa shape index (κ3) is 3.73. The van der Waals surface area contributed by atoms with Crippen LogP contribution in [0.25, 0.3) is 0 Å². The first kappa shape index (κ1) is 16.4. The van der Waals surface area contributed by atoms with Gasteiger partial charge in [0.15, 0.2) is 0 Å². The van der Waals surface area contributed by atoms with Gasteiger partial charge in [0.2, 0.25) is 10.0 Å². The zero-order chi connectivity index (χ0) is 16.3. The standard InChI is InChI=1S/C16H23N3O3S/c1-2-14-12-15(22-17-14)13-18-8-10-19(11-9-18)23(20,21)16-6-4-3-5-7-16/h3-7,15H,2,8-13H2,1H3/t15-/m0/s1. The molecule has 1 saturated heterocycles. The summed E-state index contributed by atoms with van der Waals surface area (Å²) < 4.78 is 26.7. The van der Waals surface area contributed by atoms with E-state index >= 15 is 0 Å². The van der Waals surface area contributed by atoms with Gasteiger partial charge in [0.05, 0.1) is 10.6 Å². The number of piperazine rings is 1. The first-order valence-electron chi connectivity index (χ1n) is 8.08. The van der Waals surface area contributed by atoms with Crippen LogP contribution < -0.4 is 0 Å². The van der Waals surface area contributed by atoms with Crippen LogP contribution in [0.15, 0.2) is 40.4 Å². The Balaban J connectivity index is 1.53. The van der Waals surface area contributed by atoms with Gasteiger partial charge in [-0.15, -0.1) is 0 Å². The predicted molar refractivity (Wildman–Crippen MR) is 88.9 cm³/mol. The molecule has 0 radical (unpaired) electrons. The van der Waals surface area contributed by atoms with Crippen LogP contribution in [0, 0.1) is 0 Å². The first-order valence-corrected chi connectivity index (χ1v) is 9.52. The van der Waals surface area contributed by atoms with E-state index < -0.39 is 10.0 Å². The molecule has 0 N–H and O–H groups in total. The van der Waals surface area contributed by atoms with Gasteiger partial charge < -0.3 is 4.84 Å². The molecule has 2 heterocycles. The van der Waals surface area contributed by atoms with Gasteiger partial charge in [0.1, 0.15) is 6.10 Å². The molecule has 0 saturated carbocycles. The van der Waals surface area contributed by atoms with Crippen molar-refractivity contribution in [2.24, 2.45) is 5.16 Å². The average Bonchev–Trinajstić information content (AvgIpc) is 3.04. The molecule has 7 heteroatoms. The molecule has 1 aromatic carbocycles. The molecule has 6 nitrogen and oxygen atoms in total. The molecule has 23 heavy (non-hydrogen) atoms. The molecule has 0 spiro atoms. The summed E-state index contributed by atoms with van der Waals surface area (Å²) in [5.41, 5.74) is 1.11. The molecule has 0 unspecified atom stereocenters. The Bertz CT molecular complexity index is 652. The first-order chi connectivity index (χ1) is 11.1. The van der Waals surface area contributed by atoms with E-state index in [1.165, 1.54) is 0 Å².